The number of hydrogen-bond acceptors (Lipinski definition) is 6. The molecule has 1 unspecified atom stereocenters. The predicted molar refractivity (Wildman–Crippen MR) is 74.0 cm³/mol. The minimum Gasteiger partial charge on any atom is -0.358 e. The Morgan fingerprint density at radius 1 is 1.60 bits per heavy atom. The van der Waals surface area contributed by atoms with Crippen molar-refractivity contribution >= 4 is 33.8 Å². The number of nitro groups is 1. The largest absolute Gasteiger partial charge is 0.372 e. The molecule has 20 heavy (non-hydrogen) atoms. The highest BCUT2D eigenvalue weighted by Crippen LogP contribution is 2.29. The first-order chi connectivity index (χ1) is 9.56. The molecule has 1 saturated heterocycles. The van der Waals surface area contributed by atoms with Crippen molar-refractivity contribution in [3.63, 3.8) is 0 Å². The van der Waals surface area contributed by atoms with Gasteiger partial charge in [-0.1, -0.05) is 11.3 Å². The lowest BCUT2D eigenvalue weighted by Crippen LogP contribution is -2.43. The van der Waals surface area contributed by atoms with Crippen molar-refractivity contribution in [3.8, 4) is 0 Å². The topological polar surface area (TPSA) is 92.8 Å². The van der Waals surface area contributed by atoms with Crippen molar-refractivity contribution < 1.29 is 9.72 Å². The summed E-state index contributed by atoms with van der Waals surface area (Å²) in [5.41, 5.74) is 0. The normalized spacial score (nSPS) is 19.6. The number of likely N-dealkylation sites (tertiary alicyclic amines) is 1. The van der Waals surface area contributed by atoms with Gasteiger partial charge in [0.2, 0.25) is 11.7 Å². The monoisotopic (exact) mass is 295 g/mol. The number of imidazole rings is 1. The maximum atomic E-state index is 11.4. The molecule has 0 aliphatic carbocycles. The molecule has 2 aromatic rings. The van der Waals surface area contributed by atoms with Gasteiger partial charge in [-0.15, -0.1) is 0 Å². The van der Waals surface area contributed by atoms with E-state index in [1.807, 2.05) is 0 Å². The highest BCUT2D eigenvalue weighted by atomic mass is 32.1. The van der Waals surface area contributed by atoms with Crippen LogP contribution in [0.2, 0.25) is 0 Å². The number of fused-ring (bicyclic) bond motifs is 1. The molecule has 0 aromatic carbocycles. The summed E-state index contributed by atoms with van der Waals surface area (Å²) in [6, 6.07) is -0.0130. The fourth-order valence-electron chi connectivity index (χ4n) is 2.37. The van der Waals surface area contributed by atoms with Crippen molar-refractivity contribution in [1.29, 1.82) is 0 Å². The molecule has 106 valence electrons. The first-order valence-corrected chi connectivity index (χ1v) is 7.04. The van der Waals surface area contributed by atoms with Crippen LogP contribution in [0, 0.1) is 10.1 Å². The summed E-state index contributed by atoms with van der Waals surface area (Å²) in [5.74, 6) is 0.318. The second kappa shape index (κ2) is 4.75. The molecular formula is C11H13N5O3S. The number of piperidine rings is 1. The van der Waals surface area contributed by atoms with Crippen molar-refractivity contribution in [2.45, 2.75) is 18.9 Å². The average Bonchev–Trinajstić information content (AvgIpc) is 2.93. The lowest BCUT2D eigenvalue weighted by molar-refractivity contribution is -0.389. The van der Waals surface area contributed by atoms with E-state index < -0.39 is 4.92 Å². The number of amides is 1. The zero-order valence-corrected chi connectivity index (χ0v) is 11.6. The summed E-state index contributed by atoms with van der Waals surface area (Å²) in [6.07, 6.45) is 2.74. The first-order valence-electron chi connectivity index (χ1n) is 6.16. The van der Waals surface area contributed by atoms with Crippen LogP contribution in [0.1, 0.15) is 12.8 Å². The fourth-order valence-corrected chi connectivity index (χ4v) is 3.08. The van der Waals surface area contributed by atoms with E-state index in [0.717, 1.165) is 0 Å². The number of aromatic nitrogens is 2. The van der Waals surface area contributed by atoms with Crippen LogP contribution >= 0.6 is 11.3 Å². The van der Waals surface area contributed by atoms with Gasteiger partial charge in [0, 0.05) is 31.4 Å². The van der Waals surface area contributed by atoms with Crippen LogP contribution in [0.5, 0.6) is 0 Å². The molecule has 1 atom stereocenters. The molecular weight excluding hydrogens is 282 g/mol. The highest BCUT2D eigenvalue weighted by Gasteiger charge is 2.28. The summed E-state index contributed by atoms with van der Waals surface area (Å²) in [5, 5.41) is 16.1. The molecule has 1 N–H and O–H groups in total. The quantitative estimate of drug-likeness (QED) is 0.681. The Kier molecular flexibility index (Phi) is 3.05. The van der Waals surface area contributed by atoms with Gasteiger partial charge in [-0.2, -0.15) is 9.38 Å². The van der Waals surface area contributed by atoms with Crippen LogP contribution in [0.3, 0.4) is 0 Å². The number of carbonyl (C=O) groups excluding carboxylic acids is 1. The Balaban J connectivity index is 1.87. The Bertz CT molecular complexity index is 679. The summed E-state index contributed by atoms with van der Waals surface area (Å²) < 4.78 is 1.46. The van der Waals surface area contributed by atoms with Gasteiger partial charge < -0.3 is 20.3 Å². The van der Waals surface area contributed by atoms with Crippen LogP contribution in [0.4, 0.5) is 11.6 Å². The lowest BCUT2D eigenvalue weighted by atomic mass is 10.1. The van der Waals surface area contributed by atoms with Gasteiger partial charge >= 0.3 is 5.82 Å². The third kappa shape index (κ3) is 2.09. The van der Waals surface area contributed by atoms with Crippen LogP contribution in [0.15, 0.2) is 11.6 Å². The minimum absolute atomic E-state index is 0.0130. The van der Waals surface area contributed by atoms with Crippen LogP contribution in [-0.4, -0.2) is 44.7 Å². The van der Waals surface area contributed by atoms with Gasteiger partial charge in [-0.25, -0.2) is 0 Å². The molecule has 1 fully saturated rings. The zero-order valence-electron chi connectivity index (χ0n) is 10.8. The van der Waals surface area contributed by atoms with Crippen LogP contribution < -0.4 is 5.32 Å². The molecule has 8 nitrogen and oxygen atoms in total. The van der Waals surface area contributed by atoms with E-state index in [0.29, 0.717) is 24.3 Å². The Hall–Kier alpha value is -2.16. The Morgan fingerprint density at radius 3 is 3.10 bits per heavy atom. The fraction of sp³-hybridized carbons (Fsp3) is 0.455. The van der Waals surface area contributed by atoms with Crippen molar-refractivity contribution in [2.75, 3.05) is 18.9 Å². The van der Waals surface area contributed by atoms with E-state index in [2.05, 4.69) is 10.3 Å². The maximum Gasteiger partial charge on any atom is 0.372 e. The summed E-state index contributed by atoms with van der Waals surface area (Å²) in [7, 11) is 1.73. The molecule has 1 aliphatic heterocycles. The molecule has 0 spiro atoms. The maximum absolute atomic E-state index is 11.4. The van der Waals surface area contributed by atoms with Gasteiger partial charge in [-0.05, 0) is 11.3 Å². The average molecular weight is 295 g/mol. The second-order valence-corrected chi connectivity index (χ2v) is 5.62. The number of thiazole rings is 1. The van der Waals surface area contributed by atoms with E-state index in [1.165, 1.54) is 15.7 Å². The third-order valence-corrected chi connectivity index (χ3v) is 4.13. The number of carbonyl (C=O) groups is 1. The van der Waals surface area contributed by atoms with Crippen LogP contribution in [-0.2, 0) is 4.79 Å². The second-order valence-electron chi connectivity index (χ2n) is 4.75. The Morgan fingerprint density at radius 2 is 2.40 bits per heavy atom. The first kappa shape index (κ1) is 12.9. The summed E-state index contributed by atoms with van der Waals surface area (Å²) in [4.78, 5) is 28.7. The molecule has 1 aliphatic rings. The number of nitrogens with one attached hydrogen (secondary N) is 1. The summed E-state index contributed by atoms with van der Waals surface area (Å²) in [6.45, 7) is 0.529. The zero-order chi connectivity index (χ0) is 14.3. The third-order valence-electron chi connectivity index (χ3n) is 3.38. The van der Waals surface area contributed by atoms with E-state index in [4.69, 9.17) is 0 Å². The Labute approximate surface area is 118 Å². The number of rotatable bonds is 3. The van der Waals surface area contributed by atoms with E-state index in [9.17, 15) is 14.9 Å². The number of likely N-dealkylation sites (N-methyl/N-ethyl adjacent to an activating group) is 1. The van der Waals surface area contributed by atoms with E-state index in [1.54, 1.807) is 23.5 Å². The van der Waals surface area contributed by atoms with Gasteiger partial charge in [0.15, 0.2) is 0 Å². The molecule has 1 amide bonds. The molecule has 9 heteroatoms. The SMILES string of the molecule is CN1CC(Nc2nc3sccn3c2[N+](=O)[O-])CCC1=O. The molecule has 2 aromatic heterocycles. The molecule has 0 saturated carbocycles. The van der Waals surface area contributed by atoms with Crippen molar-refractivity contribution in [1.82, 2.24) is 14.3 Å². The summed E-state index contributed by atoms with van der Waals surface area (Å²) >= 11 is 1.35. The number of anilines is 1. The number of nitrogens with zero attached hydrogens (tertiary/aromatic N) is 4. The molecule has 3 heterocycles. The van der Waals surface area contributed by atoms with E-state index in [-0.39, 0.29) is 23.6 Å². The molecule has 0 radical (unpaired) electrons. The smallest absolute Gasteiger partial charge is 0.358 e. The molecule has 3 rings (SSSR count). The van der Waals surface area contributed by atoms with Crippen molar-refractivity contribution in [3.05, 3.63) is 21.7 Å². The standard InChI is InChI=1S/C11H13N5O3S/c1-14-6-7(2-3-8(14)17)12-9-10(16(18)19)15-4-5-20-11(15)13-9/h4-5,7,12H,2-3,6H2,1H3. The van der Waals surface area contributed by atoms with Crippen molar-refractivity contribution in [2.24, 2.45) is 0 Å². The van der Waals surface area contributed by atoms with E-state index >= 15 is 0 Å². The van der Waals surface area contributed by atoms with Gasteiger partial charge in [0.25, 0.3) is 4.96 Å². The molecule has 0 bridgehead atoms. The number of hydrogen-bond donors (Lipinski definition) is 1. The van der Waals surface area contributed by atoms with Gasteiger partial charge in [-0.3, -0.25) is 4.79 Å². The lowest BCUT2D eigenvalue weighted by Gasteiger charge is -2.29. The predicted octanol–water partition coefficient (Wildman–Crippen LogP) is 1.34. The van der Waals surface area contributed by atoms with Crippen LogP contribution in [0.25, 0.3) is 4.96 Å². The van der Waals surface area contributed by atoms with Gasteiger partial charge in [0.05, 0.1) is 0 Å². The minimum atomic E-state index is -0.438. The van der Waals surface area contributed by atoms with Gasteiger partial charge in [0.1, 0.15) is 6.20 Å². The highest BCUT2D eigenvalue weighted by molar-refractivity contribution is 7.15.